The van der Waals surface area contributed by atoms with Gasteiger partial charge in [0.15, 0.2) is 0 Å². The Bertz CT molecular complexity index is 102. The Hall–Kier alpha value is 0.347. The van der Waals surface area contributed by atoms with E-state index in [-0.39, 0.29) is 0 Å². The van der Waals surface area contributed by atoms with Crippen molar-refractivity contribution in [3.8, 4) is 0 Å². The van der Waals surface area contributed by atoms with Crippen molar-refractivity contribution in [1.29, 1.82) is 0 Å². The van der Waals surface area contributed by atoms with Gasteiger partial charge in [-0.2, -0.15) is 0 Å². The zero-order valence-corrected chi connectivity index (χ0v) is 8.56. The second-order valence-corrected chi connectivity index (χ2v) is 5.34. The summed E-state index contributed by atoms with van der Waals surface area (Å²) in [4.78, 5) is 0. The molecule has 0 aliphatic rings. The van der Waals surface area contributed by atoms with Gasteiger partial charge in [-0.15, -0.1) is 0 Å². The van der Waals surface area contributed by atoms with Crippen molar-refractivity contribution in [3.63, 3.8) is 0 Å². The molecule has 0 aliphatic heterocycles. The lowest BCUT2D eigenvalue weighted by Crippen LogP contribution is -2.38. The van der Waals surface area contributed by atoms with E-state index in [1.54, 1.807) is 0 Å². The zero-order valence-electron chi connectivity index (χ0n) is 6.80. The molecule has 0 unspecified atom stereocenters. The van der Waals surface area contributed by atoms with Crippen LogP contribution >= 0.6 is 11.1 Å². The summed E-state index contributed by atoms with van der Waals surface area (Å²) in [6, 6.07) is 0. The molecule has 0 aliphatic carbocycles. The molecule has 0 rings (SSSR count). The van der Waals surface area contributed by atoms with Gasteiger partial charge < -0.3 is 19.0 Å². The topological polar surface area (TPSA) is 53.7 Å². The molecule has 0 aromatic carbocycles. The molecule has 0 aromatic heterocycles. The van der Waals surface area contributed by atoms with Crippen LogP contribution in [0.4, 0.5) is 0 Å². The summed E-state index contributed by atoms with van der Waals surface area (Å²) in [6.45, 7) is 1.06. The molecule has 0 saturated heterocycles. The number of hydrogen-bond acceptors (Lipinski definition) is 4. The molecule has 0 spiro atoms. The minimum absolute atomic E-state index is 0.480. The van der Waals surface area contributed by atoms with E-state index in [9.17, 15) is 0 Å². The maximum absolute atomic E-state index is 5.78. The average Bonchev–Trinajstić information content (AvgIpc) is 2.05. The monoisotopic (exact) mass is 199 g/mol. The fourth-order valence-corrected chi connectivity index (χ4v) is 1.50. The number of nitrogens with two attached hydrogens (primary N) is 1. The third kappa shape index (κ3) is 4.73. The van der Waals surface area contributed by atoms with E-state index in [1.165, 1.54) is 14.2 Å². The number of halogens is 1. The van der Waals surface area contributed by atoms with Crippen molar-refractivity contribution < 1.29 is 13.3 Å². The Labute approximate surface area is 72.6 Å². The first-order chi connectivity index (χ1) is 5.18. The lowest BCUT2D eigenvalue weighted by Gasteiger charge is -2.18. The first-order valence-corrected chi connectivity index (χ1v) is 6.05. The van der Waals surface area contributed by atoms with Gasteiger partial charge >= 0.3 is 8.11 Å². The van der Waals surface area contributed by atoms with Crippen LogP contribution in [0, 0.1) is 0 Å². The van der Waals surface area contributed by atoms with Crippen LogP contribution in [0.2, 0.25) is 0 Å². The maximum atomic E-state index is 5.78. The molecule has 6 heteroatoms. The van der Waals surface area contributed by atoms with Crippen molar-refractivity contribution in [2.24, 2.45) is 5.73 Å². The van der Waals surface area contributed by atoms with Gasteiger partial charge in [-0.25, -0.2) is 0 Å². The lowest BCUT2D eigenvalue weighted by molar-refractivity contribution is 0.122. The van der Waals surface area contributed by atoms with Crippen molar-refractivity contribution in [2.45, 2.75) is 6.42 Å². The van der Waals surface area contributed by atoms with E-state index in [2.05, 4.69) is 0 Å². The summed E-state index contributed by atoms with van der Waals surface area (Å²) in [5.74, 6) is 0. The molecule has 4 nitrogen and oxygen atoms in total. The Morgan fingerprint density at radius 3 is 2.27 bits per heavy atom. The van der Waals surface area contributed by atoms with Crippen molar-refractivity contribution in [1.82, 2.24) is 0 Å². The molecule has 0 atom stereocenters. The van der Waals surface area contributed by atoms with Crippen LogP contribution in [0.15, 0.2) is 0 Å². The lowest BCUT2D eigenvalue weighted by atomic mass is 10.5. The molecule has 0 radical (unpaired) electrons. The Morgan fingerprint density at radius 1 is 1.36 bits per heavy atom. The van der Waals surface area contributed by atoms with E-state index >= 15 is 0 Å². The van der Waals surface area contributed by atoms with E-state index in [0.717, 1.165) is 6.42 Å². The van der Waals surface area contributed by atoms with Crippen LogP contribution in [0.3, 0.4) is 0 Å². The summed E-state index contributed by atoms with van der Waals surface area (Å²) in [6.07, 6.45) is 0.758. The molecule has 0 fully saturated rings. The number of rotatable bonds is 6. The predicted octanol–water partition coefficient (Wildman–Crippen LogP) is 0.319. The summed E-state index contributed by atoms with van der Waals surface area (Å²) >= 11 is 5.78. The second kappa shape index (κ2) is 5.93. The standard InChI is InChI=1S/C5H14ClNO3Si/c1-8-11(6,9-2)10-5-3-4-7/h3-5,7H2,1-2H3. The van der Waals surface area contributed by atoms with Gasteiger partial charge in [0, 0.05) is 20.8 Å². The molecule has 0 amide bonds. The molecular formula is C5H14ClNO3Si. The normalized spacial score (nSPS) is 12.0. The third-order valence-corrected chi connectivity index (χ3v) is 3.89. The van der Waals surface area contributed by atoms with Crippen LogP contribution < -0.4 is 5.73 Å². The highest BCUT2D eigenvalue weighted by Crippen LogP contribution is 2.11. The van der Waals surface area contributed by atoms with Gasteiger partial charge in [0.1, 0.15) is 0 Å². The van der Waals surface area contributed by atoms with E-state index < -0.39 is 8.11 Å². The first kappa shape index (κ1) is 11.3. The van der Waals surface area contributed by atoms with Crippen molar-refractivity contribution in [2.75, 3.05) is 27.4 Å². The zero-order chi connectivity index (χ0) is 8.74. The van der Waals surface area contributed by atoms with Crippen molar-refractivity contribution >= 4 is 19.2 Å². The largest absolute Gasteiger partial charge is 0.612 e. The van der Waals surface area contributed by atoms with E-state index in [1.807, 2.05) is 0 Å². The van der Waals surface area contributed by atoms with Crippen LogP contribution in [0.5, 0.6) is 0 Å². The van der Waals surface area contributed by atoms with Gasteiger partial charge in [0.05, 0.1) is 0 Å². The Morgan fingerprint density at radius 2 is 1.91 bits per heavy atom. The van der Waals surface area contributed by atoms with Crippen LogP contribution in [0.1, 0.15) is 6.42 Å². The molecule has 0 aromatic rings. The Kier molecular flexibility index (Phi) is 6.12. The van der Waals surface area contributed by atoms with Gasteiger partial charge in [-0.1, -0.05) is 11.1 Å². The minimum atomic E-state index is -2.82. The highest BCUT2D eigenvalue weighted by atomic mass is 35.6. The van der Waals surface area contributed by atoms with Gasteiger partial charge in [-0.05, 0) is 13.0 Å². The summed E-state index contributed by atoms with van der Waals surface area (Å²) in [5, 5.41) is 0. The summed E-state index contributed by atoms with van der Waals surface area (Å²) < 4.78 is 14.9. The van der Waals surface area contributed by atoms with Gasteiger partial charge in [-0.3, -0.25) is 0 Å². The first-order valence-electron chi connectivity index (χ1n) is 3.31. The summed E-state index contributed by atoms with van der Waals surface area (Å²) in [7, 11) is 0.109. The molecule has 0 heterocycles. The fourth-order valence-electron chi connectivity index (χ4n) is 0.479. The fraction of sp³-hybridized carbons (Fsp3) is 1.00. The smallest absolute Gasteiger partial charge is 0.365 e. The van der Waals surface area contributed by atoms with Crippen LogP contribution in [0.25, 0.3) is 0 Å². The Balaban J connectivity index is 3.51. The maximum Gasteiger partial charge on any atom is 0.612 e. The predicted molar refractivity (Wildman–Crippen MR) is 45.2 cm³/mol. The molecular weight excluding hydrogens is 186 g/mol. The highest BCUT2D eigenvalue weighted by molar-refractivity contribution is 7.09. The quantitative estimate of drug-likeness (QED) is 0.380. The van der Waals surface area contributed by atoms with Crippen molar-refractivity contribution in [3.05, 3.63) is 0 Å². The third-order valence-electron chi connectivity index (χ3n) is 1.11. The van der Waals surface area contributed by atoms with E-state index in [4.69, 9.17) is 30.1 Å². The second-order valence-electron chi connectivity index (χ2n) is 1.88. The molecule has 11 heavy (non-hydrogen) atoms. The average molecular weight is 200 g/mol. The minimum Gasteiger partial charge on any atom is -0.365 e. The van der Waals surface area contributed by atoms with Gasteiger partial charge in [0.2, 0.25) is 0 Å². The summed E-state index contributed by atoms with van der Waals surface area (Å²) in [5.41, 5.74) is 5.25. The number of hydrogen-bond donors (Lipinski definition) is 1. The van der Waals surface area contributed by atoms with E-state index in [0.29, 0.717) is 13.2 Å². The molecule has 2 N–H and O–H groups in total. The van der Waals surface area contributed by atoms with Crippen LogP contribution in [-0.2, 0) is 13.3 Å². The van der Waals surface area contributed by atoms with Gasteiger partial charge in [0.25, 0.3) is 0 Å². The molecule has 0 saturated carbocycles. The van der Waals surface area contributed by atoms with Crippen LogP contribution in [-0.4, -0.2) is 35.5 Å². The molecule has 0 bridgehead atoms. The SMILES string of the molecule is CO[Si](Cl)(OC)OCCCN. The highest BCUT2D eigenvalue weighted by Gasteiger charge is 2.36. The molecule has 68 valence electrons.